The van der Waals surface area contributed by atoms with Crippen LogP contribution in [0.2, 0.25) is 0 Å². The first-order valence-electron chi connectivity index (χ1n) is 4.29. The highest BCUT2D eigenvalue weighted by Gasteiger charge is 2.45. The lowest BCUT2D eigenvalue weighted by Gasteiger charge is -2.21. The first-order chi connectivity index (χ1) is 7.42. The third-order valence-corrected chi connectivity index (χ3v) is 2.14. The maximum atomic E-state index is 12.7. The second kappa shape index (κ2) is 4.28. The van der Waals surface area contributed by atoms with Gasteiger partial charge in [-0.2, -0.15) is 0 Å². The molecule has 0 radical (unpaired) electrons. The molecule has 3 N–H and O–H groups in total. The lowest BCUT2D eigenvalue weighted by atomic mass is 9.91. The van der Waals surface area contributed by atoms with E-state index in [0.29, 0.717) is 0 Å². The monoisotopic (exact) mass is 227 g/mol. The van der Waals surface area contributed by atoms with E-state index in [1.54, 1.807) is 0 Å². The molecule has 6 heteroatoms. The van der Waals surface area contributed by atoms with Crippen molar-refractivity contribution in [2.75, 3.05) is 7.11 Å². The predicted octanol–water partition coefficient (Wildman–Crippen LogP) is 0.237. The van der Waals surface area contributed by atoms with Gasteiger partial charge < -0.3 is 15.6 Å². The van der Waals surface area contributed by atoms with Crippen LogP contribution in [0, 0.1) is 5.82 Å². The number of methoxy groups -OCH3 is 1. The summed E-state index contributed by atoms with van der Waals surface area (Å²) in [6.07, 6.45) is 0. The third kappa shape index (κ3) is 1.87. The Morgan fingerprint density at radius 2 is 1.88 bits per heavy atom. The van der Waals surface area contributed by atoms with Crippen LogP contribution in [0.25, 0.3) is 0 Å². The Morgan fingerprint density at radius 3 is 2.25 bits per heavy atom. The molecule has 0 bridgehead atoms. The SMILES string of the molecule is COC(=O)[C@](N)(C(=O)O)c1ccc(F)cc1. The normalized spacial score (nSPS) is 13.9. The quantitative estimate of drug-likeness (QED) is 0.570. The summed E-state index contributed by atoms with van der Waals surface area (Å²) >= 11 is 0. The summed E-state index contributed by atoms with van der Waals surface area (Å²) in [5, 5.41) is 8.94. The maximum absolute atomic E-state index is 12.7. The predicted molar refractivity (Wildman–Crippen MR) is 51.9 cm³/mol. The number of benzene rings is 1. The van der Waals surface area contributed by atoms with Crippen molar-refractivity contribution in [2.24, 2.45) is 5.73 Å². The molecule has 0 aliphatic heterocycles. The molecule has 1 atom stereocenters. The number of halogens is 1. The van der Waals surface area contributed by atoms with Crippen LogP contribution >= 0.6 is 0 Å². The highest BCUT2D eigenvalue weighted by atomic mass is 19.1. The molecule has 0 spiro atoms. The fourth-order valence-electron chi connectivity index (χ4n) is 1.20. The molecule has 86 valence electrons. The van der Waals surface area contributed by atoms with E-state index in [2.05, 4.69) is 4.74 Å². The zero-order valence-electron chi connectivity index (χ0n) is 8.44. The van der Waals surface area contributed by atoms with Crippen molar-refractivity contribution in [1.29, 1.82) is 0 Å². The minimum Gasteiger partial charge on any atom is -0.479 e. The van der Waals surface area contributed by atoms with Gasteiger partial charge in [-0.15, -0.1) is 0 Å². The number of nitrogens with two attached hydrogens (primary N) is 1. The summed E-state index contributed by atoms with van der Waals surface area (Å²) in [5.41, 5.74) is 3.10. The smallest absolute Gasteiger partial charge is 0.342 e. The van der Waals surface area contributed by atoms with E-state index in [1.807, 2.05) is 0 Å². The molecular weight excluding hydrogens is 217 g/mol. The van der Waals surface area contributed by atoms with Crippen molar-refractivity contribution in [3.63, 3.8) is 0 Å². The lowest BCUT2D eigenvalue weighted by molar-refractivity contribution is -0.159. The van der Waals surface area contributed by atoms with E-state index >= 15 is 0 Å². The maximum Gasteiger partial charge on any atom is 0.342 e. The van der Waals surface area contributed by atoms with Crippen molar-refractivity contribution in [3.05, 3.63) is 35.6 Å². The molecule has 0 saturated carbocycles. The zero-order valence-corrected chi connectivity index (χ0v) is 8.44. The van der Waals surface area contributed by atoms with Gasteiger partial charge in [0.2, 0.25) is 5.54 Å². The second-order valence-electron chi connectivity index (χ2n) is 3.11. The summed E-state index contributed by atoms with van der Waals surface area (Å²) in [6.45, 7) is 0. The fourth-order valence-corrected chi connectivity index (χ4v) is 1.20. The van der Waals surface area contributed by atoms with Gasteiger partial charge in [-0.05, 0) is 17.7 Å². The van der Waals surface area contributed by atoms with Gasteiger partial charge in [0.15, 0.2) is 0 Å². The van der Waals surface area contributed by atoms with Gasteiger partial charge in [-0.1, -0.05) is 12.1 Å². The number of aliphatic carboxylic acids is 1. The Balaban J connectivity index is 3.27. The molecule has 1 aromatic carbocycles. The molecule has 0 saturated heterocycles. The number of carboxylic acid groups (broad SMARTS) is 1. The van der Waals surface area contributed by atoms with E-state index < -0.39 is 23.3 Å². The Bertz CT molecular complexity index is 417. The lowest BCUT2D eigenvalue weighted by Crippen LogP contribution is -2.52. The molecule has 0 aliphatic carbocycles. The molecule has 0 heterocycles. The van der Waals surface area contributed by atoms with Gasteiger partial charge in [0.05, 0.1) is 7.11 Å². The highest BCUT2D eigenvalue weighted by Crippen LogP contribution is 2.20. The molecule has 16 heavy (non-hydrogen) atoms. The first-order valence-corrected chi connectivity index (χ1v) is 4.29. The summed E-state index contributed by atoms with van der Waals surface area (Å²) in [6, 6.07) is 4.28. The average molecular weight is 227 g/mol. The highest BCUT2D eigenvalue weighted by molar-refractivity contribution is 6.04. The molecule has 0 fully saturated rings. The second-order valence-corrected chi connectivity index (χ2v) is 3.11. The molecule has 0 unspecified atom stereocenters. The number of hydrogen-bond acceptors (Lipinski definition) is 4. The van der Waals surface area contributed by atoms with Crippen LogP contribution in [0.5, 0.6) is 0 Å². The van der Waals surface area contributed by atoms with Crippen molar-refractivity contribution in [1.82, 2.24) is 0 Å². The molecule has 5 nitrogen and oxygen atoms in total. The van der Waals surface area contributed by atoms with Crippen LogP contribution in [0.1, 0.15) is 5.56 Å². The van der Waals surface area contributed by atoms with Crippen LogP contribution in [0.4, 0.5) is 4.39 Å². The van der Waals surface area contributed by atoms with Gasteiger partial charge >= 0.3 is 11.9 Å². The number of carbonyl (C=O) groups is 2. The van der Waals surface area contributed by atoms with E-state index in [-0.39, 0.29) is 5.56 Å². The van der Waals surface area contributed by atoms with Crippen molar-refractivity contribution < 1.29 is 23.8 Å². The molecule has 0 aliphatic rings. The van der Waals surface area contributed by atoms with Gasteiger partial charge in [0.1, 0.15) is 5.82 Å². The zero-order chi connectivity index (χ0) is 12.3. The van der Waals surface area contributed by atoms with Crippen LogP contribution in [0.3, 0.4) is 0 Å². The molecule has 1 aromatic rings. The Kier molecular flexibility index (Phi) is 3.24. The van der Waals surface area contributed by atoms with Crippen molar-refractivity contribution >= 4 is 11.9 Å². The van der Waals surface area contributed by atoms with Crippen LogP contribution < -0.4 is 5.73 Å². The first kappa shape index (κ1) is 12.1. The van der Waals surface area contributed by atoms with Crippen molar-refractivity contribution in [2.45, 2.75) is 5.54 Å². The van der Waals surface area contributed by atoms with Gasteiger partial charge in [0, 0.05) is 0 Å². The Morgan fingerprint density at radius 1 is 1.38 bits per heavy atom. The number of rotatable bonds is 3. The minimum absolute atomic E-state index is 0.0479. The minimum atomic E-state index is -2.32. The number of carboxylic acids is 1. The Labute approximate surface area is 90.6 Å². The molecule has 0 aromatic heterocycles. The molecular formula is C10H10FNO4. The fraction of sp³-hybridized carbons (Fsp3) is 0.200. The topological polar surface area (TPSA) is 89.6 Å². The summed E-state index contributed by atoms with van der Waals surface area (Å²) in [4.78, 5) is 22.3. The number of esters is 1. The summed E-state index contributed by atoms with van der Waals surface area (Å²) in [7, 11) is 1.02. The van der Waals surface area contributed by atoms with E-state index in [1.165, 1.54) is 0 Å². The number of carbonyl (C=O) groups excluding carboxylic acids is 1. The van der Waals surface area contributed by atoms with Crippen LogP contribution in [-0.2, 0) is 19.9 Å². The van der Waals surface area contributed by atoms with E-state index in [0.717, 1.165) is 31.4 Å². The molecule has 0 amide bonds. The van der Waals surface area contributed by atoms with Crippen LogP contribution in [0.15, 0.2) is 24.3 Å². The third-order valence-electron chi connectivity index (χ3n) is 2.14. The summed E-state index contributed by atoms with van der Waals surface area (Å²) < 4.78 is 17.0. The number of ether oxygens (including phenoxy) is 1. The van der Waals surface area contributed by atoms with E-state index in [4.69, 9.17) is 10.8 Å². The van der Waals surface area contributed by atoms with Crippen molar-refractivity contribution in [3.8, 4) is 0 Å². The van der Waals surface area contributed by atoms with Crippen LogP contribution in [-0.4, -0.2) is 24.2 Å². The number of hydrogen-bond donors (Lipinski definition) is 2. The average Bonchev–Trinajstić information content (AvgIpc) is 2.27. The standard InChI is InChI=1S/C10H10FNO4/c1-16-9(15)10(12,8(13)14)6-2-4-7(11)5-3-6/h2-5H,12H2,1H3,(H,13,14)/t10-/m1/s1. The Hall–Kier alpha value is -1.95. The largest absolute Gasteiger partial charge is 0.479 e. The molecule has 1 rings (SSSR count). The summed E-state index contributed by atoms with van der Waals surface area (Å²) in [5.74, 6) is -3.24. The van der Waals surface area contributed by atoms with Gasteiger partial charge in [-0.3, -0.25) is 0 Å². The van der Waals surface area contributed by atoms with Gasteiger partial charge in [0.25, 0.3) is 0 Å². The van der Waals surface area contributed by atoms with E-state index in [9.17, 15) is 14.0 Å². The van der Waals surface area contributed by atoms with Gasteiger partial charge in [-0.25, -0.2) is 14.0 Å².